The molecule has 0 saturated heterocycles. The Morgan fingerprint density at radius 2 is 1.43 bits per heavy atom. The lowest BCUT2D eigenvalue weighted by Gasteiger charge is -2.14. The fourth-order valence-electron chi connectivity index (χ4n) is 3.90. The van der Waals surface area contributed by atoms with E-state index in [1.54, 1.807) is 0 Å². The van der Waals surface area contributed by atoms with Gasteiger partial charge in [0.25, 0.3) is 0 Å². The molecule has 4 aromatic rings. The van der Waals surface area contributed by atoms with E-state index in [1.807, 2.05) is 30.3 Å². The zero-order valence-electron chi connectivity index (χ0n) is 17.3. The molecule has 1 amide bonds. The first kappa shape index (κ1) is 19.9. The highest BCUT2D eigenvalue weighted by atomic mass is 16.1. The van der Waals surface area contributed by atoms with Crippen LogP contribution in [0.3, 0.4) is 0 Å². The normalized spacial score (nSPS) is 11.9. The van der Waals surface area contributed by atoms with Crippen LogP contribution in [0.4, 0.5) is 0 Å². The summed E-state index contributed by atoms with van der Waals surface area (Å²) in [5.41, 5.74) is 4.74. The standard InChI is InChI=1S/C28H27NO/c1-21(18-26-12-7-11-25-10-5-6-13-27(25)26)20-29-28(30)19-22-14-16-24(17-15-22)23-8-3-2-4-9-23/h2-17,21H,18-20H2,1H3,(H,29,30). The van der Waals surface area contributed by atoms with Crippen LogP contribution in [0.5, 0.6) is 0 Å². The number of benzene rings is 4. The topological polar surface area (TPSA) is 29.1 Å². The third-order valence-corrected chi connectivity index (χ3v) is 5.52. The largest absolute Gasteiger partial charge is 0.356 e. The van der Waals surface area contributed by atoms with E-state index in [0.29, 0.717) is 18.9 Å². The lowest BCUT2D eigenvalue weighted by molar-refractivity contribution is -0.120. The molecule has 0 radical (unpaired) electrons. The maximum atomic E-state index is 12.4. The molecule has 1 N–H and O–H groups in total. The van der Waals surface area contributed by atoms with Gasteiger partial charge in [0.1, 0.15) is 0 Å². The number of rotatable bonds is 7. The maximum absolute atomic E-state index is 12.4. The van der Waals surface area contributed by atoms with Crippen LogP contribution in [0.15, 0.2) is 97.1 Å². The van der Waals surface area contributed by atoms with Crippen molar-refractivity contribution in [3.63, 3.8) is 0 Å². The van der Waals surface area contributed by atoms with Crippen molar-refractivity contribution in [2.24, 2.45) is 5.92 Å². The lowest BCUT2D eigenvalue weighted by Crippen LogP contribution is -2.30. The van der Waals surface area contributed by atoms with Crippen LogP contribution >= 0.6 is 0 Å². The molecule has 0 bridgehead atoms. The Morgan fingerprint density at radius 3 is 2.23 bits per heavy atom. The number of amides is 1. The quantitative estimate of drug-likeness (QED) is 0.407. The number of hydrogen-bond donors (Lipinski definition) is 1. The van der Waals surface area contributed by atoms with Crippen molar-refractivity contribution in [1.29, 1.82) is 0 Å². The summed E-state index contributed by atoms with van der Waals surface area (Å²) in [5.74, 6) is 0.451. The third kappa shape index (κ3) is 4.96. The minimum atomic E-state index is 0.0761. The molecule has 30 heavy (non-hydrogen) atoms. The predicted octanol–water partition coefficient (Wildman–Crippen LogP) is 6.04. The SMILES string of the molecule is CC(CNC(=O)Cc1ccc(-c2ccccc2)cc1)Cc1cccc2ccccc12. The molecule has 0 aliphatic carbocycles. The van der Waals surface area contributed by atoms with E-state index in [-0.39, 0.29) is 5.91 Å². The molecule has 1 unspecified atom stereocenters. The van der Waals surface area contributed by atoms with Crippen molar-refractivity contribution in [3.05, 3.63) is 108 Å². The van der Waals surface area contributed by atoms with Gasteiger partial charge in [-0.05, 0) is 45.4 Å². The molecule has 4 aromatic carbocycles. The van der Waals surface area contributed by atoms with E-state index in [4.69, 9.17) is 0 Å². The molecule has 0 saturated carbocycles. The van der Waals surface area contributed by atoms with Gasteiger partial charge in [-0.1, -0.05) is 104 Å². The first-order valence-electron chi connectivity index (χ1n) is 10.6. The fourth-order valence-corrected chi connectivity index (χ4v) is 3.90. The molecule has 0 aliphatic rings. The smallest absolute Gasteiger partial charge is 0.224 e. The summed E-state index contributed by atoms with van der Waals surface area (Å²) in [4.78, 5) is 12.4. The molecule has 2 heteroatoms. The van der Waals surface area contributed by atoms with E-state index < -0.39 is 0 Å². The van der Waals surface area contributed by atoms with Gasteiger partial charge < -0.3 is 5.32 Å². The van der Waals surface area contributed by atoms with Crippen molar-refractivity contribution >= 4 is 16.7 Å². The van der Waals surface area contributed by atoms with Crippen molar-refractivity contribution in [2.45, 2.75) is 19.8 Å². The first-order valence-corrected chi connectivity index (χ1v) is 10.6. The van der Waals surface area contributed by atoms with Gasteiger partial charge in [0.05, 0.1) is 6.42 Å². The molecular weight excluding hydrogens is 366 g/mol. The average Bonchev–Trinajstić information content (AvgIpc) is 2.79. The maximum Gasteiger partial charge on any atom is 0.224 e. The number of hydrogen-bond acceptors (Lipinski definition) is 1. The molecule has 0 aliphatic heterocycles. The molecule has 0 aromatic heterocycles. The Kier molecular flexibility index (Phi) is 6.24. The lowest BCUT2D eigenvalue weighted by atomic mass is 9.96. The minimum absolute atomic E-state index is 0.0761. The van der Waals surface area contributed by atoms with Crippen LogP contribution in [-0.4, -0.2) is 12.5 Å². The van der Waals surface area contributed by atoms with E-state index >= 15 is 0 Å². The molecule has 1 atom stereocenters. The summed E-state index contributed by atoms with van der Waals surface area (Å²) in [6.07, 6.45) is 1.36. The molecular formula is C28H27NO. The Labute approximate surface area is 178 Å². The van der Waals surface area contributed by atoms with E-state index in [9.17, 15) is 4.79 Å². The number of carbonyl (C=O) groups is 1. The van der Waals surface area contributed by atoms with Crippen LogP contribution in [-0.2, 0) is 17.6 Å². The van der Waals surface area contributed by atoms with Crippen LogP contribution in [0.1, 0.15) is 18.1 Å². The Bertz CT molecular complexity index is 1110. The fraction of sp³-hybridized carbons (Fsp3) is 0.179. The van der Waals surface area contributed by atoms with Crippen molar-refractivity contribution in [1.82, 2.24) is 5.32 Å². The van der Waals surface area contributed by atoms with Gasteiger partial charge in [-0.15, -0.1) is 0 Å². The third-order valence-electron chi connectivity index (χ3n) is 5.52. The van der Waals surface area contributed by atoms with Crippen LogP contribution < -0.4 is 5.32 Å². The number of nitrogens with one attached hydrogen (secondary N) is 1. The number of carbonyl (C=O) groups excluding carboxylic acids is 1. The monoisotopic (exact) mass is 393 g/mol. The summed E-state index contributed by atoms with van der Waals surface area (Å²) >= 11 is 0. The van der Waals surface area contributed by atoms with Crippen molar-refractivity contribution < 1.29 is 4.79 Å². The van der Waals surface area contributed by atoms with E-state index in [0.717, 1.165) is 12.0 Å². The Morgan fingerprint density at radius 1 is 0.767 bits per heavy atom. The van der Waals surface area contributed by atoms with Gasteiger partial charge >= 0.3 is 0 Å². The molecule has 4 rings (SSSR count). The summed E-state index contributed by atoms with van der Waals surface area (Å²) in [6, 6.07) is 33.5. The second-order valence-electron chi connectivity index (χ2n) is 7.99. The summed E-state index contributed by atoms with van der Waals surface area (Å²) in [5, 5.41) is 5.68. The van der Waals surface area contributed by atoms with Crippen molar-refractivity contribution in [2.75, 3.05) is 6.54 Å². The van der Waals surface area contributed by atoms with Crippen molar-refractivity contribution in [3.8, 4) is 11.1 Å². The molecule has 0 fully saturated rings. The summed E-state index contributed by atoms with van der Waals surface area (Å²) in [7, 11) is 0. The highest BCUT2D eigenvalue weighted by Crippen LogP contribution is 2.21. The summed E-state index contributed by atoms with van der Waals surface area (Å²) < 4.78 is 0. The number of fused-ring (bicyclic) bond motifs is 1. The minimum Gasteiger partial charge on any atom is -0.356 e. The van der Waals surface area contributed by atoms with Gasteiger partial charge in [-0.25, -0.2) is 0 Å². The molecule has 0 spiro atoms. The van der Waals surface area contributed by atoms with E-state index in [2.05, 4.69) is 79.0 Å². The molecule has 150 valence electrons. The van der Waals surface area contributed by atoms with Gasteiger partial charge in [-0.3, -0.25) is 4.79 Å². The Hall–Kier alpha value is -3.39. The van der Waals surface area contributed by atoms with Gasteiger partial charge in [-0.2, -0.15) is 0 Å². The summed E-state index contributed by atoms with van der Waals surface area (Å²) in [6.45, 7) is 2.88. The predicted molar refractivity (Wildman–Crippen MR) is 125 cm³/mol. The van der Waals surface area contributed by atoms with Gasteiger partial charge in [0, 0.05) is 6.54 Å². The highest BCUT2D eigenvalue weighted by molar-refractivity contribution is 5.85. The zero-order chi connectivity index (χ0) is 20.8. The molecule has 2 nitrogen and oxygen atoms in total. The Balaban J connectivity index is 1.30. The average molecular weight is 394 g/mol. The zero-order valence-corrected chi connectivity index (χ0v) is 17.3. The second-order valence-corrected chi connectivity index (χ2v) is 7.99. The van der Waals surface area contributed by atoms with E-state index in [1.165, 1.54) is 27.5 Å². The van der Waals surface area contributed by atoms with Gasteiger partial charge in [0.15, 0.2) is 0 Å². The first-order chi connectivity index (χ1) is 14.7. The molecule has 0 heterocycles. The van der Waals surface area contributed by atoms with Crippen LogP contribution in [0.2, 0.25) is 0 Å². The second kappa shape index (κ2) is 9.41. The van der Waals surface area contributed by atoms with Crippen LogP contribution in [0, 0.1) is 5.92 Å². The highest BCUT2D eigenvalue weighted by Gasteiger charge is 2.10. The van der Waals surface area contributed by atoms with Gasteiger partial charge in [0.2, 0.25) is 5.91 Å². The van der Waals surface area contributed by atoms with Crippen LogP contribution in [0.25, 0.3) is 21.9 Å².